The Morgan fingerprint density at radius 2 is 1.26 bits per heavy atom. The van der Waals surface area contributed by atoms with Gasteiger partial charge in [-0.05, 0) is 39.9 Å². The molecule has 2 nitrogen and oxygen atoms in total. The lowest BCUT2D eigenvalue weighted by atomic mass is 9.92. The van der Waals surface area contributed by atoms with Gasteiger partial charge in [-0.1, -0.05) is 109 Å². The first kappa shape index (κ1) is 24.6. The summed E-state index contributed by atoms with van der Waals surface area (Å²) in [5, 5.41) is 0. The van der Waals surface area contributed by atoms with Crippen LogP contribution in [0.25, 0.3) is 16.9 Å². The van der Waals surface area contributed by atoms with Crippen LogP contribution in [0.15, 0.2) is 79.9 Å². The van der Waals surface area contributed by atoms with Gasteiger partial charge in [0.05, 0.1) is 0 Å². The number of carbonyl (C=O) groups is 1. The summed E-state index contributed by atoms with van der Waals surface area (Å²) in [6, 6.07) is 15.8. The molecule has 0 N–H and O–H groups in total. The standard InChI is InChI=1S/C28H36O2Si/c1-9-15-28(30-31(20(3)4,21(5)6)22(7)8)26-19-14-12-17-24(26)23-16-11-13-18-25(23)27(29)10-2/h9-22H,1-2H2,3-8H3/b28-15+. The molecular weight excluding hydrogens is 396 g/mol. The summed E-state index contributed by atoms with van der Waals surface area (Å²) in [5.74, 6) is 0.741. The van der Waals surface area contributed by atoms with Crippen LogP contribution >= 0.6 is 0 Å². The highest BCUT2D eigenvalue weighted by Gasteiger charge is 2.47. The van der Waals surface area contributed by atoms with E-state index < -0.39 is 8.32 Å². The van der Waals surface area contributed by atoms with Crippen molar-refractivity contribution >= 4 is 19.9 Å². The SMILES string of the molecule is C=C/C=C(/O[Si](C(C)C)(C(C)C)C(C)C)c1ccccc1-c1ccccc1C(=O)C=C. The molecule has 2 aromatic carbocycles. The molecule has 3 heteroatoms. The van der Waals surface area contributed by atoms with Gasteiger partial charge in [-0.3, -0.25) is 4.79 Å². The number of carbonyl (C=O) groups excluding carboxylic acids is 1. The van der Waals surface area contributed by atoms with Gasteiger partial charge in [-0.2, -0.15) is 0 Å². The lowest BCUT2D eigenvalue weighted by Gasteiger charge is -2.43. The van der Waals surface area contributed by atoms with E-state index in [-0.39, 0.29) is 5.78 Å². The molecule has 0 heterocycles. The van der Waals surface area contributed by atoms with Crippen molar-refractivity contribution in [3.05, 3.63) is 91.0 Å². The Hall–Kier alpha value is -2.65. The van der Waals surface area contributed by atoms with Crippen LogP contribution in [0.3, 0.4) is 0 Å². The highest BCUT2D eigenvalue weighted by atomic mass is 28.4. The Kier molecular flexibility index (Phi) is 8.41. The highest BCUT2D eigenvalue weighted by molar-refractivity contribution is 6.78. The maximum absolute atomic E-state index is 12.5. The molecule has 0 aliphatic rings. The number of hydrogen-bond acceptors (Lipinski definition) is 2. The van der Waals surface area contributed by atoms with Crippen molar-refractivity contribution in [2.75, 3.05) is 0 Å². The zero-order valence-corrected chi connectivity index (χ0v) is 20.8. The Morgan fingerprint density at radius 3 is 1.71 bits per heavy atom. The molecule has 31 heavy (non-hydrogen) atoms. The van der Waals surface area contributed by atoms with Crippen molar-refractivity contribution in [1.29, 1.82) is 0 Å². The molecule has 0 atom stereocenters. The predicted molar refractivity (Wildman–Crippen MR) is 137 cm³/mol. The number of benzene rings is 2. The Balaban J connectivity index is 2.73. The normalized spacial score (nSPS) is 12.4. The van der Waals surface area contributed by atoms with Crippen LogP contribution in [-0.2, 0) is 4.43 Å². The molecule has 0 saturated heterocycles. The van der Waals surface area contributed by atoms with E-state index in [0.29, 0.717) is 22.2 Å². The van der Waals surface area contributed by atoms with E-state index in [4.69, 9.17) is 4.43 Å². The van der Waals surface area contributed by atoms with Gasteiger partial charge in [0.2, 0.25) is 0 Å². The lowest BCUT2D eigenvalue weighted by molar-refractivity contribution is 0.104. The molecule has 2 rings (SSSR count). The molecule has 164 valence electrons. The van der Waals surface area contributed by atoms with Crippen molar-refractivity contribution in [2.24, 2.45) is 0 Å². The van der Waals surface area contributed by atoms with Gasteiger partial charge in [0.15, 0.2) is 5.78 Å². The van der Waals surface area contributed by atoms with E-state index in [2.05, 4.69) is 60.8 Å². The van der Waals surface area contributed by atoms with Crippen LogP contribution in [-0.4, -0.2) is 14.1 Å². The molecule has 0 unspecified atom stereocenters. The minimum atomic E-state index is -2.18. The van der Waals surface area contributed by atoms with E-state index >= 15 is 0 Å². The van der Waals surface area contributed by atoms with E-state index in [1.807, 2.05) is 48.5 Å². The van der Waals surface area contributed by atoms with Crippen molar-refractivity contribution in [1.82, 2.24) is 0 Å². The van der Waals surface area contributed by atoms with Crippen LogP contribution in [0.2, 0.25) is 16.6 Å². The first-order chi connectivity index (χ1) is 14.7. The summed E-state index contributed by atoms with van der Waals surface area (Å²) in [5.41, 5.74) is 4.81. The average Bonchev–Trinajstić information content (AvgIpc) is 2.75. The summed E-state index contributed by atoms with van der Waals surface area (Å²) in [4.78, 5) is 12.5. The smallest absolute Gasteiger partial charge is 0.258 e. The zero-order chi connectivity index (χ0) is 23.2. The van der Waals surface area contributed by atoms with Crippen molar-refractivity contribution in [3.63, 3.8) is 0 Å². The fourth-order valence-electron chi connectivity index (χ4n) is 4.81. The van der Waals surface area contributed by atoms with Gasteiger partial charge in [-0.15, -0.1) is 0 Å². The maximum atomic E-state index is 12.5. The van der Waals surface area contributed by atoms with Gasteiger partial charge in [0, 0.05) is 11.1 Å². The first-order valence-corrected chi connectivity index (χ1v) is 13.2. The molecule has 0 radical (unpaired) electrons. The fourth-order valence-corrected chi connectivity index (χ4v) is 10.1. The highest BCUT2D eigenvalue weighted by Crippen LogP contribution is 2.46. The Labute approximate surface area is 189 Å². The Bertz CT molecular complexity index is 945. The topological polar surface area (TPSA) is 26.3 Å². The molecule has 0 saturated carbocycles. The predicted octanol–water partition coefficient (Wildman–Crippen LogP) is 8.44. The van der Waals surface area contributed by atoms with Gasteiger partial charge < -0.3 is 4.43 Å². The third-order valence-corrected chi connectivity index (χ3v) is 12.1. The number of rotatable bonds is 10. The number of ketones is 1. The van der Waals surface area contributed by atoms with Crippen molar-refractivity contribution in [2.45, 2.75) is 58.2 Å². The minimum Gasteiger partial charge on any atom is -0.542 e. The van der Waals surface area contributed by atoms with Crippen LogP contribution in [0, 0.1) is 0 Å². The molecule has 0 amide bonds. The van der Waals surface area contributed by atoms with Gasteiger partial charge >= 0.3 is 0 Å². The third kappa shape index (κ3) is 4.99. The van der Waals surface area contributed by atoms with E-state index in [1.54, 1.807) is 6.08 Å². The molecule has 0 aliphatic heterocycles. The summed E-state index contributed by atoms with van der Waals surface area (Å²) < 4.78 is 7.06. The molecule has 0 spiro atoms. The van der Waals surface area contributed by atoms with E-state index in [1.165, 1.54) is 6.08 Å². The zero-order valence-electron chi connectivity index (χ0n) is 19.8. The van der Waals surface area contributed by atoms with Crippen LogP contribution in [0.4, 0.5) is 0 Å². The summed E-state index contributed by atoms with van der Waals surface area (Å²) in [6.07, 6.45) is 5.12. The van der Waals surface area contributed by atoms with Crippen LogP contribution in [0.5, 0.6) is 0 Å². The van der Waals surface area contributed by atoms with Gasteiger partial charge in [0.1, 0.15) is 5.76 Å². The fraction of sp³-hybridized carbons (Fsp3) is 0.321. The summed E-state index contributed by atoms with van der Waals surface area (Å²) in [7, 11) is -2.18. The Morgan fingerprint density at radius 1 is 0.806 bits per heavy atom. The number of hydrogen-bond donors (Lipinski definition) is 0. The van der Waals surface area contributed by atoms with Crippen molar-refractivity contribution < 1.29 is 9.22 Å². The minimum absolute atomic E-state index is 0.0872. The van der Waals surface area contributed by atoms with Gasteiger partial charge in [0.25, 0.3) is 8.32 Å². The summed E-state index contributed by atoms with van der Waals surface area (Å²) in [6.45, 7) is 21.3. The molecular formula is C28H36O2Si. The molecule has 0 aliphatic carbocycles. The maximum Gasteiger partial charge on any atom is 0.258 e. The van der Waals surface area contributed by atoms with E-state index in [9.17, 15) is 4.79 Å². The first-order valence-electron chi connectivity index (χ1n) is 11.1. The van der Waals surface area contributed by atoms with Crippen LogP contribution < -0.4 is 0 Å². The largest absolute Gasteiger partial charge is 0.542 e. The van der Waals surface area contributed by atoms with Crippen molar-refractivity contribution in [3.8, 4) is 11.1 Å². The van der Waals surface area contributed by atoms with E-state index in [0.717, 1.165) is 22.4 Å². The molecule has 0 fully saturated rings. The summed E-state index contributed by atoms with van der Waals surface area (Å²) >= 11 is 0. The molecule has 2 aromatic rings. The molecule has 0 bridgehead atoms. The average molecular weight is 433 g/mol. The molecule has 0 aromatic heterocycles. The van der Waals surface area contributed by atoms with Gasteiger partial charge in [-0.25, -0.2) is 0 Å². The second-order valence-electron chi connectivity index (χ2n) is 8.85. The third-order valence-electron chi connectivity index (χ3n) is 6.12. The second kappa shape index (κ2) is 10.6. The monoisotopic (exact) mass is 432 g/mol. The number of allylic oxidation sites excluding steroid dienone is 3. The van der Waals surface area contributed by atoms with Crippen LogP contribution in [0.1, 0.15) is 57.5 Å². The quantitative estimate of drug-likeness (QED) is 0.124. The second-order valence-corrected chi connectivity index (χ2v) is 14.2. The lowest BCUT2D eigenvalue weighted by Crippen LogP contribution is -2.47.